The molecule has 0 aliphatic heterocycles. The molecular formula is C15H13F5N2O3. The van der Waals surface area contributed by atoms with Crippen LogP contribution in [0, 0.1) is 11.3 Å². The van der Waals surface area contributed by atoms with Gasteiger partial charge >= 0.3 is 12.8 Å². The van der Waals surface area contributed by atoms with Crippen LogP contribution < -0.4 is 9.47 Å². The van der Waals surface area contributed by atoms with E-state index < -0.39 is 31.8 Å². The van der Waals surface area contributed by atoms with Crippen molar-refractivity contribution in [2.24, 2.45) is 0 Å². The number of carbonyl (C=O) groups is 1. The molecule has 0 aliphatic carbocycles. The van der Waals surface area contributed by atoms with Gasteiger partial charge in [-0.1, -0.05) is 12.1 Å². The SMILES string of the molecule is COc1cccc(C=CC(=O)N(CC#N)CC(F)(F)F)c1OC(F)F. The first-order valence-corrected chi connectivity index (χ1v) is 6.70. The summed E-state index contributed by atoms with van der Waals surface area (Å²) in [5, 5.41) is 8.52. The molecule has 0 fully saturated rings. The van der Waals surface area contributed by atoms with Gasteiger partial charge in [-0.3, -0.25) is 4.79 Å². The van der Waals surface area contributed by atoms with Gasteiger partial charge in [0.2, 0.25) is 5.91 Å². The zero-order valence-corrected chi connectivity index (χ0v) is 12.9. The minimum Gasteiger partial charge on any atom is -0.493 e. The first kappa shape index (κ1) is 20.2. The van der Waals surface area contributed by atoms with Gasteiger partial charge in [0, 0.05) is 11.6 Å². The molecule has 0 bridgehead atoms. The van der Waals surface area contributed by atoms with E-state index in [4.69, 9.17) is 10.00 Å². The van der Waals surface area contributed by atoms with Crippen molar-refractivity contribution in [3.8, 4) is 17.6 Å². The number of carbonyl (C=O) groups excluding carboxylic acids is 1. The second-order valence-corrected chi connectivity index (χ2v) is 4.56. The lowest BCUT2D eigenvalue weighted by Crippen LogP contribution is -2.38. The van der Waals surface area contributed by atoms with E-state index in [-0.39, 0.29) is 22.0 Å². The van der Waals surface area contributed by atoms with Gasteiger partial charge in [0.25, 0.3) is 0 Å². The molecule has 1 aromatic carbocycles. The van der Waals surface area contributed by atoms with E-state index in [9.17, 15) is 26.7 Å². The van der Waals surface area contributed by atoms with Crippen LogP contribution in [-0.2, 0) is 4.79 Å². The van der Waals surface area contributed by atoms with Crippen molar-refractivity contribution in [3.63, 3.8) is 0 Å². The number of amides is 1. The summed E-state index contributed by atoms with van der Waals surface area (Å²) in [6.45, 7) is -5.55. The molecule has 0 aromatic heterocycles. The Morgan fingerprint density at radius 3 is 2.60 bits per heavy atom. The maximum absolute atomic E-state index is 12.5. The lowest BCUT2D eigenvalue weighted by molar-refractivity contribution is -0.156. The van der Waals surface area contributed by atoms with Crippen molar-refractivity contribution in [2.75, 3.05) is 20.2 Å². The summed E-state index contributed by atoms with van der Waals surface area (Å²) in [6.07, 6.45) is -2.94. The highest BCUT2D eigenvalue weighted by Crippen LogP contribution is 2.33. The van der Waals surface area contributed by atoms with Gasteiger partial charge in [0.1, 0.15) is 13.1 Å². The summed E-state index contributed by atoms with van der Waals surface area (Å²) < 4.78 is 71.4. The van der Waals surface area contributed by atoms with E-state index in [0.717, 1.165) is 12.2 Å². The molecule has 0 saturated heterocycles. The second kappa shape index (κ2) is 8.86. The number of methoxy groups -OCH3 is 1. The number of ether oxygens (including phenoxy) is 2. The van der Waals surface area contributed by atoms with Crippen molar-refractivity contribution in [1.29, 1.82) is 5.26 Å². The number of hydrogen-bond acceptors (Lipinski definition) is 4. The van der Waals surface area contributed by atoms with Crippen molar-refractivity contribution in [1.82, 2.24) is 4.90 Å². The Balaban J connectivity index is 3.06. The standard InChI is InChI=1S/C15H13F5N2O3/c1-24-11-4-2-3-10(13(11)25-14(16)17)5-6-12(23)22(8-7-21)9-15(18,19)20/h2-6,14H,8-9H2,1H3. The smallest absolute Gasteiger partial charge is 0.406 e. The number of benzene rings is 1. The maximum atomic E-state index is 12.5. The average Bonchev–Trinajstić information content (AvgIpc) is 2.51. The number of alkyl halides is 5. The van der Waals surface area contributed by atoms with Crippen molar-refractivity contribution >= 4 is 12.0 Å². The van der Waals surface area contributed by atoms with Crippen LogP contribution in [0.1, 0.15) is 5.56 Å². The molecule has 0 N–H and O–H groups in total. The highest BCUT2D eigenvalue weighted by atomic mass is 19.4. The first-order valence-electron chi connectivity index (χ1n) is 6.70. The van der Waals surface area contributed by atoms with Crippen LogP contribution in [-0.4, -0.2) is 43.8 Å². The number of halogens is 5. The van der Waals surface area contributed by atoms with Gasteiger partial charge < -0.3 is 14.4 Å². The van der Waals surface area contributed by atoms with Gasteiger partial charge in [-0.05, 0) is 12.1 Å². The number of hydrogen-bond donors (Lipinski definition) is 0. The topological polar surface area (TPSA) is 62.6 Å². The van der Waals surface area contributed by atoms with Crippen molar-refractivity contribution in [2.45, 2.75) is 12.8 Å². The van der Waals surface area contributed by atoms with Gasteiger partial charge in [-0.2, -0.15) is 27.2 Å². The lowest BCUT2D eigenvalue weighted by atomic mass is 10.1. The second-order valence-electron chi connectivity index (χ2n) is 4.56. The summed E-state index contributed by atoms with van der Waals surface area (Å²) in [5.74, 6) is -1.52. The van der Waals surface area contributed by atoms with E-state index in [2.05, 4.69) is 4.74 Å². The van der Waals surface area contributed by atoms with Crippen LogP contribution in [0.4, 0.5) is 22.0 Å². The zero-order chi connectivity index (χ0) is 19.0. The van der Waals surface area contributed by atoms with Crippen LogP contribution in [0.5, 0.6) is 11.5 Å². The molecule has 25 heavy (non-hydrogen) atoms. The zero-order valence-electron chi connectivity index (χ0n) is 12.9. The predicted molar refractivity (Wildman–Crippen MR) is 76.9 cm³/mol. The predicted octanol–water partition coefficient (Wildman–Crippen LogP) is 3.22. The van der Waals surface area contributed by atoms with E-state index in [1.165, 1.54) is 31.4 Å². The fourth-order valence-corrected chi connectivity index (χ4v) is 1.82. The number of rotatable bonds is 7. The van der Waals surface area contributed by atoms with Gasteiger partial charge in [-0.15, -0.1) is 0 Å². The van der Waals surface area contributed by atoms with E-state index in [1.807, 2.05) is 0 Å². The van der Waals surface area contributed by atoms with E-state index in [0.29, 0.717) is 0 Å². The minimum atomic E-state index is -4.68. The summed E-state index contributed by atoms with van der Waals surface area (Å²) in [7, 11) is 1.21. The van der Waals surface area contributed by atoms with Crippen LogP contribution in [0.15, 0.2) is 24.3 Å². The van der Waals surface area contributed by atoms with Crippen LogP contribution in [0.2, 0.25) is 0 Å². The van der Waals surface area contributed by atoms with Crippen LogP contribution in [0.3, 0.4) is 0 Å². The molecule has 0 radical (unpaired) electrons. The summed E-state index contributed by atoms with van der Waals surface area (Å²) in [6, 6.07) is 5.52. The fraction of sp³-hybridized carbons (Fsp3) is 0.333. The molecule has 0 unspecified atom stereocenters. The van der Waals surface area contributed by atoms with Gasteiger partial charge in [0.15, 0.2) is 11.5 Å². The van der Waals surface area contributed by atoms with Crippen LogP contribution in [0.25, 0.3) is 6.08 Å². The molecule has 10 heteroatoms. The van der Waals surface area contributed by atoms with E-state index in [1.54, 1.807) is 0 Å². The average molecular weight is 364 g/mol. The number of nitrogens with zero attached hydrogens (tertiary/aromatic N) is 2. The Morgan fingerprint density at radius 2 is 2.08 bits per heavy atom. The Labute approximate surface area is 139 Å². The molecule has 0 spiro atoms. The fourth-order valence-electron chi connectivity index (χ4n) is 1.82. The van der Waals surface area contributed by atoms with Crippen LogP contribution >= 0.6 is 0 Å². The minimum absolute atomic E-state index is 0.00286. The number of nitriles is 1. The quantitative estimate of drug-likeness (QED) is 0.423. The summed E-state index contributed by atoms with van der Waals surface area (Å²) in [4.78, 5) is 12.1. The van der Waals surface area contributed by atoms with Crippen molar-refractivity contribution in [3.05, 3.63) is 29.8 Å². The largest absolute Gasteiger partial charge is 0.493 e. The molecule has 136 valence electrons. The highest BCUT2D eigenvalue weighted by Gasteiger charge is 2.32. The Bertz CT molecular complexity index is 668. The molecule has 5 nitrogen and oxygen atoms in total. The Kier molecular flexibility index (Phi) is 7.17. The molecule has 0 atom stereocenters. The highest BCUT2D eigenvalue weighted by molar-refractivity contribution is 5.92. The molecule has 0 aliphatic rings. The maximum Gasteiger partial charge on any atom is 0.406 e. The third-order valence-corrected chi connectivity index (χ3v) is 2.79. The monoisotopic (exact) mass is 364 g/mol. The Morgan fingerprint density at radius 1 is 1.40 bits per heavy atom. The number of para-hydroxylation sites is 1. The summed E-state index contributed by atoms with van der Waals surface area (Å²) in [5.41, 5.74) is -0.00286. The van der Waals surface area contributed by atoms with Gasteiger partial charge in [-0.25, -0.2) is 0 Å². The molecule has 0 saturated carbocycles. The molecule has 1 amide bonds. The molecule has 0 heterocycles. The van der Waals surface area contributed by atoms with E-state index >= 15 is 0 Å². The molecule has 1 aromatic rings. The van der Waals surface area contributed by atoms with Crippen molar-refractivity contribution < 1.29 is 36.2 Å². The molecule has 1 rings (SSSR count). The van der Waals surface area contributed by atoms with Gasteiger partial charge in [0.05, 0.1) is 13.2 Å². The molecular weight excluding hydrogens is 351 g/mol. The third kappa shape index (κ3) is 6.66. The normalized spacial score (nSPS) is 11.4. The first-order chi connectivity index (χ1) is 11.7. The lowest BCUT2D eigenvalue weighted by Gasteiger charge is -2.19. The third-order valence-electron chi connectivity index (χ3n) is 2.79. The summed E-state index contributed by atoms with van der Waals surface area (Å²) >= 11 is 0. The Hall–Kier alpha value is -2.83.